The number of aryl methyl sites for hydroxylation is 1. The van der Waals surface area contributed by atoms with Gasteiger partial charge < -0.3 is 5.32 Å². The monoisotopic (exact) mass is 391 g/mol. The van der Waals surface area contributed by atoms with Gasteiger partial charge in [0.05, 0.1) is 35.9 Å². The van der Waals surface area contributed by atoms with Gasteiger partial charge >= 0.3 is 6.18 Å². The standard InChI is InChI=1S/C16H12F3N7S/c1-9-25-26-8-12(22-15(26)27-9)6-20-14-23-13(7-21-24-14)10-3-2-4-11(5-10)16(17,18)19/h2-5,7-8H,6H2,1H3,(H,20,23,24). The molecule has 4 aromatic rings. The minimum Gasteiger partial charge on any atom is -0.347 e. The van der Waals surface area contributed by atoms with Crippen LogP contribution in [0, 0.1) is 6.92 Å². The lowest BCUT2D eigenvalue weighted by Crippen LogP contribution is -2.07. The van der Waals surface area contributed by atoms with Crippen LogP contribution in [-0.4, -0.2) is 29.8 Å². The number of hydrogen-bond donors (Lipinski definition) is 1. The molecule has 0 aliphatic heterocycles. The Morgan fingerprint density at radius 1 is 1.22 bits per heavy atom. The van der Waals surface area contributed by atoms with E-state index in [1.165, 1.54) is 23.6 Å². The van der Waals surface area contributed by atoms with E-state index in [0.717, 1.165) is 27.8 Å². The lowest BCUT2D eigenvalue weighted by molar-refractivity contribution is -0.137. The maximum absolute atomic E-state index is 12.9. The molecule has 4 rings (SSSR count). The molecule has 0 aliphatic rings. The third-order valence-electron chi connectivity index (χ3n) is 3.67. The van der Waals surface area contributed by atoms with Crippen LogP contribution in [0.4, 0.5) is 19.1 Å². The summed E-state index contributed by atoms with van der Waals surface area (Å²) in [6.45, 7) is 2.24. The first-order valence-electron chi connectivity index (χ1n) is 7.81. The van der Waals surface area contributed by atoms with Crippen LogP contribution in [0.1, 0.15) is 16.3 Å². The highest BCUT2D eigenvalue weighted by molar-refractivity contribution is 7.16. The number of nitrogens with zero attached hydrogens (tertiary/aromatic N) is 6. The van der Waals surface area contributed by atoms with Crippen molar-refractivity contribution in [1.29, 1.82) is 0 Å². The Kier molecular flexibility index (Phi) is 4.22. The highest BCUT2D eigenvalue weighted by atomic mass is 32.1. The molecule has 138 valence electrons. The molecule has 0 spiro atoms. The second-order valence-corrected chi connectivity index (χ2v) is 6.84. The predicted molar refractivity (Wildman–Crippen MR) is 93.2 cm³/mol. The molecule has 0 amide bonds. The zero-order valence-corrected chi connectivity index (χ0v) is 14.7. The summed E-state index contributed by atoms with van der Waals surface area (Å²) < 4.78 is 40.3. The molecule has 0 aliphatic carbocycles. The number of benzene rings is 1. The highest BCUT2D eigenvalue weighted by Crippen LogP contribution is 2.31. The van der Waals surface area contributed by atoms with Crippen molar-refractivity contribution in [3.63, 3.8) is 0 Å². The molecule has 7 nitrogen and oxygen atoms in total. The summed E-state index contributed by atoms with van der Waals surface area (Å²) in [6.07, 6.45) is -1.31. The Balaban J connectivity index is 1.53. The largest absolute Gasteiger partial charge is 0.416 e. The van der Waals surface area contributed by atoms with Crippen LogP contribution in [-0.2, 0) is 12.7 Å². The number of nitrogens with one attached hydrogen (secondary N) is 1. The minimum atomic E-state index is -4.42. The summed E-state index contributed by atoms with van der Waals surface area (Å²) in [7, 11) is 0. The van der Waals surface area contributed by atoms with Crippen molar-refractivity contribution in [3.8, 4) is 11.3 Å². The maximum Gasteiger partial charge on any atom is 0.416 e. The van der Waals surface area contributed by atoms with Gasteiger partial charge in [0.2, 0.25) is 10.9 Å². The Hall–Kier alpha value is -3.08. The third kappa shape index (κ3) is 3.72. The zero-order valence-electron chi connectivity index (χ0n) is 13.9. The first kappa shape index (κ1) is 17.3. The van der Waals surface area contributed by atoms with Crippen molar-refractivity contribution in [2.45, 2.75) is 19.6 Å². The van der Waals surface area contributed by atoms with Crippen LogP contribution in [0.5, 0.6) is 0 Å². The molecule has 0 fully saturated rings. The Morgan fingerprint density at radius 2 is 2.07 bits per heavy atom. The van der Waals surface area contributed by atoms with Gasteiger partial charge in [0.15, 0.2) is 0 Å². The zero-order chi connectivity index (χ0) is 19.0. The van der Waals surface area contributed by atoms with Crippen molar-refractivity contribution >= 4 is 22.2 Å². The lowest BCUT2D eigenvalue weighted by atomic mass is 10.1. The highest BCUT2D eigenvalue weighted by Gasteiger charge is 2.30. The Morgan fingerprint density at radius 3 is 2.85 bits per heavy atom. The smallest absolute Gasteiger partial charge is 0.347 e. The maximum atomic E-state index is 12.9. The van der Waals surface area contributed by atoms with Gasteiger partial charge in [-0.1, -0.05) is 23.5 Å². The van der Waals surface area contributed by atoms with E-state index < -0.39 is 11.7 Å². The molecule has 3 aromatic heterocycles. The second-order valence-electron chi connectivity index (χ2n) is 5.68. The number of halogens is 3. The van der Waals surface area contributed by atoms with Crippen molar-refractivity contribution in [2.75, 3.05) is 5.32 Å². The minimum absolute atomic E-state index is 0.199. The molecule has 3 heterocycles. The van der Waals surface area contributed by atoms with Gasteiger partial charge in [0.1, 0.15) is 5.01 Å². The predicted octanol–water partition coefficient (Wildman–Crippen LogP) is 3.58. The van der Waals surface area contributed by atoms with Crippen LogP contribution in [0.3, 0.4) is 0 Å². The number of alkyl halides is 3. The van der Waals surface area contributed by atoms with Crippen molar-refractivity contribution in [1.82, 2.24) is 29.8 Å². The van der Waals surface area contributed by atoms with Gasteiger partial charge in [-0.25, -0.2) is 14.5 Å². The summed E-state index contributed by atoms with van der Waals surface area (Å²) >= 11 is 1.48. The van der Waals surface area contributed by atoms with E-state index in [4.69, 9.17) is 0 Å². The SMILES string of the molecule is Cc1nn2cc(CNc3nncc(-c4cccc(C(F)(F)F)c4)n3)nc2s1. The number of imidazole rings is 1. The summed E-state index contributed by atoms with van der Waals surface area (Å²) in [6, 6.07) is 4.92. The van der Waals surface area contributed by atoms with Gasteiger partial charge in [-0.2, -0.15) is 23.4 Å². The summed E-state index contributed by atoms with van der Waals surface area (Å²) in [5, 5.41) is 15.9. The summed E-state index contributed by atoms with van der Waals surface area (Å²) in [4.78, 5) is 9.44. The van der Waals surface area contributed by atoms with Gasteiger partial charge in [0.25, 0.3) is 0 Å². The Bertz CT molecular complexity index is 1070. The number of hydrogen-bond acceptors (Lipinski definition) is 7. The number of anilines is 1. The molecule has 0 unspecified atom stereocenters. The number of fused-ring (bicyclic) bond motifs is 1. The third-order valence-corrected chi connectivity index (χ3v) is 4.50. The van der Waals surface area contributed by atoms with E-state index in [9.17, 15) is 13.2 Å². The van der Waals surface area contributed by atoms with Gasteiger partial charge in [-0.15, -0.1) is 5.10 Å². The molecule has 1 N–H and O–H groups in total. The molecule has 0 atom stereocenters. The average molecular weight is 391 g/mol. The van der Waals surface area contributed by atoms with E-state index in [1.54, 1.807) is 16.8 Å². The summed E-state index contributed by atoms with van der Waals surface area (Å²) in [5.74, 6) is 0.199. The topological polar surface area (TPSA) is 80.9 Å². The first-order valence-corrected chi connectivity index (χ1v) is 8.63. The molecule has 0 radical (unpaired) electrons. The van der Waals surface area contributed by atoms with Crippen molar-refractivity contribution < 1.29 is 13.2 Å². The Labute approximate surface area is 154 Å². The lowest BCUT2D eigenvalue weighted by Gasteiger charge is -2.09. The van der Waals surface area contributed by atoms with Crippen LogP contribution in [0.2, 0.25) is 0 Å². The van der Waals surface area contributed by atoms with E-state index >= 15 is 0 Å². The van der Waals surface area contributed by atoms with Crippen LogP contribution < -0.4 is 5.32 Å². The number of rotatable bonds is 4. The van der Waals surface area contributed by atoms with Crippen LogP contribution in [0.25, 0.3) is 16.2 Å². The van der Waals surface area contributed by atoms with Crippen molar-refractivity contribution in [3.05, 3.63) is 52.9 Å². The molecule has 11 heteroatoms. The molecule has 0 bridgehead atoms. The molecule has 27 heavy (non-hydrogen) atoms. The van der Waals surface area contributed by atoms with Gasteiger partial charge in [-0.3, -0.25) is 0 Å². The van der Waals surface area contributed by atoms with Crippen LogP contribution >= 0.6 is 11.3 Å². The number of aromatic nitrogens is 6. The van der Waals surface area contributed by atoms with Crippen LogP contribution in [0.15, 0.2) is 36.7 Å². The average Bonchev–Trinajstić information content (AvgIpc) is 3.16. The van der Waals surface area contributed by atoms with E-state index in [1.807, 2.05) is 6.92 Å². The van der Waals surface area contributed by atoms with E-state index in [-0.39, 0.29) is 5.95 Å². The summed E-state index contributed by atoms with van der Waals surface area (Å²) in [5.41, 5.74) is 0.600. The molecule has 0 saturated carbocycles. The fourth-order valence-corrected chi connectivity index (χ4v) is 3.21. The fraction of sp³-hybridized carbons (Fsp3) is 0.188. The molecular weight excluding hydrogens is 379 g/mol. The van der Waals surface area contributed by atoms with Gasteiger partial charge in [-0.05, 0) is 19.1 Å². The first-order chi connectivity index (χ1) is 12.9. The normalized spacial score (nSPS) is 11.9. The molecule has 0 saturated heterocycles. The fourth-order valence-electron chi connectivity index (χ4n) is 2.47. The second kappa shape index (κ2) is 6.58. The van der Waals surface area contributed by atoms with E-state index in [0.29, 0.717) is 17.8 Å². The molecular formula is C16H12F3N7S. The van der Waals surface area contributed by atoms with E-state index in [2.05, 4.69) is 30.6 Å². The quantitative estimate of drug-likeness (QED) is 0.573. The molecule has 1 aromatic carbocycles. The van der Waals surface area contributed by atoms with Crippen molar-refractivity contribution in [2.24, 2.45) is 0 Å². The van der Waals surface area contributed by atoms with Gasteiger partial charge in [0, 0.05) is 5.56 Å².